The zero-order chi connectivity index (χ0) is 11.9. The van der Waals surface area contributed by atoms with Crippen LogP contribution in [0.15, 0.2) is 18.2 Å². The first-order valence-corrected chi connectivity index (χ1v) is 6.11. The third-order valence-electron chi connectivity index (χ3n) is 2.54. The van der Waals surface area contributed by atoms with Crippen molar-refractivity contribution in [3.8, 4) is 11.5 Å². The molecule has 1 heterocycles. The second-order valence-corrected chi connectivity index (χ2v) is 3.84. The van der Waals surface area contributed by atoms with Crippen LogP contribution in [-0.2, 0) is 4.74 Å². The van der Waals surface area contributed by atoms with Gasteiger partial charge >= 0.3 is 0 Å². The summed E-state index contributed by atoms with van der Waals surface area (Å²) < 4.78 is 16.3. The van der Waals surface area contributed by atoms with Crippen LogP contribution in [0.4, 0.5) is 5.69 Å². The van der Waals surface area contributed by atoms with Crippen molar-refractivity contribution in [3.05, 3.63) is 18.2 Å². The van der Waals surface area contributed by atoms with Crippen LogP contribution in [0, 0.1) is 0 Å². The highest BCUT2D eigenvalue weighted by Gasteiger charge is 2.11. The maximum atomic E-state index is 5.52. The van der Waals surface area contributed by atoms with Gasteiger partial charge in [0.15, 0.2) is 11.5 Å². The molecule has 17 heavy (non-hydrogen) atoms. The fourth-order valence-electron chi connectivity index (χ4n) is 1.70. The Hall–Kier alpha value is -1.42. The van der Waals surface area contributed by atoms with Crippen molar-refractivity contribution in [1.82, 2.24) is 0 Å². The van der Waals surface area contributed by atoms with Gasteiger partial charge in [-0.3, -0.25) is 0 Å². The minimum Gasteiger partial charge on any atom is -0.486 e. The maximum Gasteiger partial charge on any atom is 0.163 e. The Bertz CT molecular complexity index is 355. The summed E-state index contributed by atoms with van der Waals surface area (Å²) in [6, 6.07) is 5.93. The van der Waals surface area contributed by atoms with E-state index in [0.717, 1.165) is 43.4 Å². The highest BCUT2D eigenvalue weighted by atomic mass is 16.6. The molecule has 1 N–H and O–H groups in total. The van der Waals surface area contributed by atoms with E-state index in [1.54, 1.807) is 0 Å². The van der Waals surface area contributed by atoms with Gasteiger partial charge in [-0.2, -0.15) is 0 Å². The van der Waals surface area contributed by atoms with Crippen molar-refractivity contribution in [3.63, 3.8) is 0 Å². The Balaban J connectivity index is 1.81. The molecule has 0 aliphatic carbocycles. The molecule has 1 aliphatic rings. The topological polar surface area (TPSA) is 39.7 Å². The first-order chi connectivity index (χ1) is 8.40. The number of nitrogens with one attached hydrogen (secondary N) is 1. The van der Waals surface area contributed by atoms with Crippen LogP contribution < -0.4 is 14.8 Å². The molecule has 0 unspecified atom stereocenters. The number of rotatable bonds is 6. The second kappa shape index (κ2) is 6.35. The Kier molecular flexibility index (Phi) is 4.50. The van der Waals surface area contributed by atoms with E-state index in [0.29, 0.717) is 13.2 Å². The van der Waals surface area contributed by atoms with Gasteiger partial charge in [-0.25, -0.2) is 0 Å². The third kappa shape index (κ3) is 3.53. The summed E-state index contributed by atoms with van der Waals surface area (Å²) in [7, 11) is 0. The maximum absolute atomic E-state index is 5.52. The summed E-state index contributed by atoms with van der Waals surface area (Å²) >= 11 is 0. The average molecular weight is 237 g/mol. The van der Waals surface area contributed by atoms with Crippen molar-refractivity contribution in [2.45, 2.75) is 13.3 Å². The summed E-state index contributed by atoms with van der Waals surface area (Å²) in [5, 5.41) is 3.34. The van der Waals surface area contributed by atoms with E-state index in [1.165, 1.54) is 0 Å². The zero-order valence-corrected chi connectivity index (χ0v) is 10.2. The first-order valence-electron chi connectivity index (χ1n) is 6.11. The van der Waals surface area contributed by atoms with Gasteiger partial charge in [-0.05, 0) is 25.5 Å². The van der Waals surface area contributed by atoms with Crippen molar-refractivity contribution in [1.29, 1.82) is 0 Å². The number of ether oxygens (including phenoxy) is 3. The minimum atomic E-state index is 0.626. The molecule has 0 bridgehead atoms. The summed E-state index contributed by atoms with van der Waals surface area (Å²) in [6.45, 7) is 5.75. The molecule has 0 saturated heterocycles. The number of hydrogen-bond donors (Lipinski definition) is 1. The predicted octanol–water partition coefficient (Wildman–Crippen LogP) is 2.30. The van der Waals surface area contributed by atoms with Crippen LogP contribution in [0.5, 0.6) is 11.5 Å². The van der Waals surface area contributed by atoms with Crippen molar-refractivity contribution in [2.75, 3.05) is 38.3 Å². The molecule has 0 saturated carbocycles. The summed E-state index contributed by atoms with van der Waals surface area (Å²) in [5.41, 5.74) is 1.06. The van der Waals surface area contributed by atoms with Crippen molar-refractivity contribution < 1.29 is 14.2 Å². The highest BCUT2D eigenvalue weighted by Crippen LogP contribution is 2.32. The van der Waals surface area contributed by atoms with Gasteiger partial charge < -0.3 is 19.5 Å². The van der Waals surface area contributed by atoms with E-state index >= 15 is 0 Å². The van der Waals surface area contributed by atoms with Gasteiger partial charge in [0.1, 0.15) is 13.2 Å². The lowest BCUT2D eigenvalue weighted by atomic mass is 10.2. The Morgan fingerprint density at radius 1 is 1.24 bits per heavy atom. The molecular formula is C13H19NO3. The summed E-state index contributed by atoms with van der Waals surface area (Å²) in [4.78, 5) is 0. The fraction of sp³-hybridized carbons (Fsp3) is 0.538. The molecule has 0 atom stereocenters. The molecule has 2 rings (SSSR count). The molecular weight excluding hydrogens is 218 g/mol. The Morgan fingerprint density at radius 2 is 2.06 bits per heavy atom. The number of hydrogen-bond acceptors (Lipinski definition) is 4. The van der Waals surface area contributed by atoms with E-state index in [9.17, 15) is 0 Å². The van der Waals surface area contributed by atoms with E-state index in [2.05, 4.69) is 5.32 Å². The molecule has 0 spiro atoms. The van der Waals surface area contributed by atoms with Crippen LogP contribution in [0.25, 0.3) is 0 Å². The quantitative estimate of drug-likeness (QED) is 0.771. The van der Waals surface area contributed by atoms with Crippen LogP contribution in [0.1, 0.15) is 13.3 Å². The average Bonchev–Trinajstić information content (AvgIpc) is 2.38. The molecule has 4 heteroatoms. The van der Waals surface area contributed by atoms with Crippen LogP contribution in [0.3, 0.4) is 0 Å². The van der Waals surface area contributed by atoms with E-state index in [-0.39, 0.29) is 0 Å². The first kappa shape index (κ1) is 12.0. The van der Waals surface area contributed by atoms with Crippen LogP contribution in [-0.4, -0.2) is 33.0 Å². The minimum absolute atomic E-state index is 0.626. The third-order valence-corrected chi connectivity index (χ3v) is 2.54. The molecule has 1 aliphatic heterocycles. The van der Waals surface area contributed by atoms with Crippen molar-refractivity contribution in [2.24, 2.45) is 0 Å². The lowest BCUT2D eigenvalue weighted by Gasteiger charge is -2.19. The van der Waals surface area contributed by atoms with Gasteiger partial charge in [-0.1, -0.05) is 0 Å². The SMILES string of the molecule is CCOCCCNc1ccc2c(c1)OCCO2. The number of anilines is 1. The number of fused-ring (bicyclic) bond motifs is 1. The lowest BCUT2D eigenvalue weighted by Crippen LogP contribution is -2.15. The van der Waals surface area contributed by atoms with Gasteiger partial charge in [0.2, 0.25) is 0 Å². The van der Waals surface area contributed by atoms with Crippen LogP contribution >= 0.6 is 0 Å². The molecule has 0 aromatic heterocycles. The van der Waals surface area contributed by atoms with Gasteiger partial charge in [-0.15, -0.1) is 0 Å². The smallest absolute Gasteiger partial charge is 0.163 e. The zero-order valence-electron chi connectivity index (χ0n) is 10.2. The molecule has 1 aromatic rings. The molecule has 1 aromatic carbocycles. The molecule has 0 fully saturated rings. The van der Waals surface area contributed by atoms with E-state index in [4.69, 9.17) is 14.2 Å². The van der Waals surface area contributed by atoms with Gasteiger partial charge in [0.05, 0.1) is 0 Å². The number of benzene rings is 1. The lowest BCUT2D eigenvalue weighted by molar-refractivity contribution is 0.147. The highest BCUT2D eigenvalue weighted by molar-refractivity contribution is 5.55. The largest absolute Gasteiger partial charge is 0.486 e. The van der Waals surface area contributed by atoms with Crippen molar-refractivity contribution >= 4 is 5.69 Å². The molecule has 4 nitrogen and oxygen atoms in total. The predicted molar refractivity (Wildman–Crippen MR) is 67.0 cm³/mol. The molecule has 0 amide bonds. The van der Waals surface area contributed by atoms with E-state index < -0.39 is 0 Å². The van der Waals surface area contributed by atoms with Crippen LogP contribution in [0.2, 0.25) is 0 Å². The standard InChI is InChI=1S/C13H19NO3/c1-2-15-7-3-6-14-11-4-5-12-13(10-11)17-9-8-16-12/h4-5,10,14H,2-3,6-9H2,1H3. The monoisotopic (exact) mass is 237 g/mol. The Morgan fingerprint density at radius 3 is 2.88 bits per heavy atom. The van der Waals surface area contributed by atoms with E-state index in [1.807, 2.05) is 25.1 Å². The van der Waals surface area contributed by atoms with Gasteiger partial charge in [0.25, 0.3) is 0 Å². The normalized spacial score (nSPS) is 13.5. The molecule has 94 valence electrons. The fourth-order valence-corrected chi connectivity index (χ4v) is 1.70. The summed E-state index contributed by atoms with van der Waals surface area (Å²) in [6.07, 6.45) is 1.00. The molecule has 0 radical (unpaired) electrons. The van der Waals surface area contributed by atoms with Gasteiger partial charge in [0, 0.05) is 31.5 Å². The second-order valence-electron chi connectivity index (χ2n) is 3.84. The summed E-state index contributed by atoms with van der Waals surface area (Å²) in [5.74, 6) is 1.65. The Labute approximate surface area is 102 Å².